The van der Waals surface area contributed by atoms with E-state index in [2.05, 4.69) is 10.1 Å². The van der Waals surface area contributed by atoms with Crippen molar-refractivity contribution in [3.63, 3.8) is 0 Å². The van der Waals surface area contributed by atoms with Gasteiger partial charge in [0.15, 0.2) is 5.82 Å². The van der Waals surface area contributed by atoms with Crippen LogP contribution in [0.25, 0.3) is 0 Å². The Morgan fingerprint density at radius 2 is 1.95 bits per heavy atom. The van der Waals surface area contributed by atoms with Gasteiger partial charge in [0.1, 0.15) is 0 Å². The van der Waals surface area contributed by atoms with Crippen molar-refractivity contribution >= 4 is 23.2 Å². The molecule has 1 saturated carbocycles. The monoisotopic (exact) mass is 297 g/mol. The number of benzene rings is 1. The molecule has 1 aliphatic carbocycles. The summed E-state index contributed by atoms with van der Waals surface area (Å²) in [5.41, 5.74) is 6.47. The van der Waals surface area contributed by atoms with Crippen LogP contribution in [0.1, 0.15) is 30.1 Å². The van der Waals surface area contributed by atoms with Gasteiger partial charge in [0, 0.05) is 23.0 Å². The number of nitrogens with zero attached hydrogens (tertiary/aromatic N) is 2. The van der Waals surface area contributed by atoms with Crippen molar-refractivity contribution in [1.82, 2.24) is 10.1 Å². The third kappa shape index (κ3) is 2.36. The minimum absolute atomic E-state index is 0.0878. The molecule has 1 aliphatic rings. The molecule has 0 radical (unpaired) electrons. The first kappa shape index (κ1) is 12.9. The van der Waals surface area contributed by atoms with Crippen LogP contribution in [0.4, 0.5) is 0 Å². The Morgan fingerprint density at radius 1 is 1.26 bits per heavy atom. The third-order valence-corrected chi connectivity index (χ3v) is 4.27. The quantitative estimate of drug-likeness (QED) is 0.942. The highest BCUT2D eigenvalue weighted by atomic mass is 35.5. The van der Waals surface area contributed by atoms with Crippen molar-refractivity contribution in [3.8, 4) is 0 Å². The van der Waals surface area contributed by atoms with Gasteiger partial charge in [0.05, 0.1) is 5.41 Å². The van der Waals surface area contributed by atoms with Gasteiger partial charge < -0.3 is 10.3 Å². The fourth-order valence-corrected chi connectivity index (χ4v) is 2.59. The molecular weight excluding hydrogens is 285 g/mol. The van der Waals surface area contributed by atoms with Crippen molar-refractivity contribution < 1.29 is 4.52 Å². The van der Waals surface area contributed by atoms with E-state index in [0.29, 0.717) is 34.7 Å². The van der Waals surface area contributed by atoms with E-state index in [-0.39, 0.29) is 5.41 Å². The minimum atomic E-state index is -0.0878. The molecule has 0 amide bonds. The SMILES string of the molecule is NCC1(c2nc(Cc3c(Cl)cccc3Cl)no2)CC1. The van der Waals surface area contributed by atoms with Gasteiger partial charge in [-0.05, 0) is 30.5 Å². The predicted molar refractivity (Wildman–Crippen MR) is 73.5 cm³/mol. The number of nitrogens with two attached hydrogens (primary N) is 1. The van der Waals surface area contributed by atoms with Crippen LogP contribution in [0.15, 0.2) is 22.7 Å². The lowest BCUT2D eigenvalue weighted by Crippen LogP contribution is -2.20. The summed E-state index contributed by atoms with van der Waals surface area (Å²) in [7, 11) is 0. The van der Waals surface area contributed by atoms with Crippen LogP contribution >= 0.6 is 23.2 Å². The maximum atomic E-state index is 6.13. The molecule has 4 nitrogen and oxygen atoms in total. The fraction of sp³-hybridized carbons (Fsp3) is 0.385. The summed E-state index contributed by atoms with van der Waals surface area (Å²) in [6.45, 7) is 0.543. The zero-order valence-corrected chi connectivity index (χ0v) is 11.7. The van der Waals surface area contributed by atoms with Crippen molar-refractivity contribution in [1.29, 1.82) is 0 Å². The molecule has 19 heavy (non-hydrogen) atoms. The molecule has 0 unspecified atom stereocenters. The molecule has 2 N–H and O–H groups in total. The summed E-state index contributed by atoms with van der Waals surface area (Å²) in [6, 6.07) is 5.40. The molecular formula is C13H13Cl2N3O. The van der Waals surface area contributed by atoms with Crippen LogP contribution < -0.4 is 5.73 Å². The summed E-state index contributed by atoms with van der Waals surface area (Å²) in [5.74, 6) is 1.22. The van der Waals surface area contributed by atoms with E-state index in [0.717, 1.165) is 18.4 Å². The number of rotatable bonds is 4. The first-order valence-electron chi connectivity index (χ1n) is 6.11. The van der Waals surface area contributed by atoms with Crippen molar-refractivity contribution in [2.45, 2.75) is 24.7 Å². The van der Waals surface area contributed by atoms with Crippen molar-refractivity contribution in [2.24, 2.45) is 5.73 Å². The Kier molecular flexibility index (Phi) is 3.25. The van der Waals surface area contributed by atoms with Crippen LogP contribution in [0.2, 0.25) is 10.0 Å². The first-order chi connectivity index (χ1) is 9.14. The summed E-state index contributed by atoms with van der Waals surface area (Å²) in [4.78, 5) is 4.42. The number of hydrogen-bond donors (Lipinski definition) is 1. The van der Waals surface area contributed by atoms with Gasteiger partial charge in [-0.3, -0.25) is 0 Å². The van der Waals surface area contributed by atoms with Gasteiger partial charge in [-0.15, -0.1) is 0 Å². The largest absolute Gasteiger partial charge is 0.339 e. The topological polar surface area (TPSA) is 64.9 Å². The number of hydrogen-bond acceptors (Lipinski definition) is 4. The Labute approximate surface area is 120 Å². The number of aromatic nitrogens is 2. The normalized spacial score (nSPS) is 16.6. The molecule has 0 atom stereocenters. The lowest BCUT2D eigenvalue weighted by Gasteiger charge is -2.04. The smallest absolute Gasteiger partial charge is 0.234 e. The molecule has 0 spiro atoms. The van der Waals surface area contributed by atoms with Crippen LogP contribution in [-0.4, -0.2) is 16.7 Å². The minimum Gasteiger partial charge on any atom is -0.339 e. The first-order valence-corrected chi connectivity index (χ1v) is 6.86. The molecule has 6 heteroatoms. The Balaban J connectivity index is 1.85. The van der Waals surface area contributed by atoms with Gasteiger partial charge in [0.2, 0.25) is 5.89 Å². The molecule has 2 aromatic rings. The summed E-state index contributed by atoms with van der Waals surface area (Å²) >= 11 is 12.3. The zero-order chi connectivity index (χ0) is 13.5. The van der Waals surface area contributed by atoms with Gasteiger partial charge >= 0.3 is 0 Å². The summed E-state index contributed by atoms with van der Waals surface area (Å²) in [6.07, 6.45) is 2.48. The molecule has 0 aliphatic heterocycles. The maximum absolute atomic E-state index is 6.13. The lowest BCUT2D eigenvalue weighted by molar-refractivity contribution is 0.344. The second-order valence-corrected chi connectivity index (χ2v) is 5.69. The molecule has 1 aromatic carbocycles. The second-order valence-electron chi connectivity index (χ2n) is 4.88. The van der Waals surface area contributed by atoms with E-state index in [9.17, 15) is 0 Å². The predicted octanol–water partition coefficient (Wildman–Crippen LogP) is 2.96. The van der Waals surface area contributed by atoms with Gasteiger partial charge in [-0.2, -0.15) is 4.98 Å². The summed E-state index contributed by atoms with van der Waals surface area (Å²) in [5, 5.41) is 5.21. The van der Waals surface area contributed by atoms with E-state index in [1.807, 2.05) is 6.07 Å². The van der Waals surface area contributed by atoms with Gasteiger partial charge in [0.25, 0.3) is 0 Å². The van der Waals surface area contributed by atoms with Crippen LogP contribution in [0.3, 0.4) is 0 Å². The highest BCUT2D eigenvalue weighted by Crippen LogP contribution is 2.46. The Bertz CT molecular complexity index is 587. The third-order valence-electron chi connectivity index (χ3n) is 3.56. The molecule has 0 saturated heterocycles. The molecule has 3 rings (SSSR count). The van der Waals surface area contributed by atoms with Crippen LogP contribution in [-0.2, 0) is 11.8 Å². The Morgan fingerprint density at radius 3 is 2.53 bits per heavy atom. The standard InChI is InChI=1S/C13H13Cl2N3O/c14-9-2-1-3-10(15)8(9)6-11-17-12(19-18-11)13(7-16)4-5-13/h1-3H,4-7,16H2. The number of halogens is 2. The average Bonchev–Trinajstić information content (AvgIpc) is 3.07. The van der Waals surface area contributed by atoms with E-state index in [1.54, 1.807) is 12.1 Å². The Hall–Kier alpha value is -1.10. The molecule has 1 fully saturated rings. The van der Waals surface area contributed by atoms with E-state index in [4.69, 9.17) is 33.5 Å². The van der Waals surface area contributed by atoms with E-state index < -0.39 is 0 Å². The zero-order valence-electron chi connectivity index (χ0n) is 10.2. The highest BCUT2D eigenvalue weighted by molar-refractivity contribution is 6.36. The van der Waals surface area contributed by atoms with E-state index >= 15 is 0 Å². The maximum Gasteiger partial charge on any atom is 0.234 e. The van der Waals surface area contributed by atoms with Gasteiger partial charge in [-0.1, -0.05) is 34.4 Å². The molecule has 1 aromatic heterocycles. The average molecular weight is 298 g/mol. The molecule has 1 heterocycles. The van der Waals surface area contributed by atoms with Crippen molar-refractivity contribution in [3.05, 3.63) is 45.5 Å². The van der Waals surface area contributed by atoms with Gasteiger partial charge in [-0.25, -0.2) is 0 Å². The molecule has 0 bridgehead atoms. The van der Waals surface area contributed by atoms with Crippen LogP contribution in [0, 0.1) is 0 Å². The lowest BCUT2D eigenvalue weighted by atomic mass is 10.1. The summed E-state index contributed by atoms with van der Waals surface area (Å²) < 4.78 is 5.31. The highest BCUT2D eigenvalue weighted by Gasteiger charge is 2.48. The second kappa shape index (κ2) is 4.78. The van der Waals surface area contributed by atoms with Crippen LogP contribution in [0.5, 0.6) is 0 Å². The fourth-order valence-electron chi connectivity index (χ4n) is 2.06. The van der Waals surface area contributed by atoms with E-state index in [1.165, 1.54) is 0 Å². The molecule has 100 valence electrons. The van der Waals surface area contributed by atoms with Crippen molar-refractivity contribution in [2.75, 3.05) is 6.54 Å².